The van der Waals surface area contributed by atoms with E-state index in [2.05, 4.69) is 77.6 Å². The fraction of sp³-hybridized carbons (Fsp3) is 0.375. The summed E-state index contributed by atoms with van der Waals surface area (Å²) in [5.41, 5.74) is 31.8. The quantitative estimate of drug-likeness (QED) is 0.0395. The summed E-state index contributed by atoms with van der Waals surface area (Å²) in [7, 11) is 0. The average Bonchev–Trinajstić information content (AvgIpc) is 1.40. The Bertz CT molecular complexity index is 5510. The van der Waals surface area contributed by atoms with Crippen molar-refractivity contribution in [3.8, 4) is 0 Å². The van der Waals surface area contributed by atoms with Gasteiger partial charge < -0.3 is 32.5 Å². The first kappa shape index (κ1) is 89.3. The summed E-state index contributed by atoms with van der Waals surface area (Å²) < 4.78 is 0. The third-order valence-electron chi connectivity index (χ3n) is 21.8. The van der Waals surface area contributed by atoms with Gasteiger partial charge in [0.25, 0.3) is 45.0 Å². The van der Waals surface area contributed by atoms with Gasteiger partial charge in [0, 0.05) is 107 Å². The number of aromatic nitrogens is 6. The van der Waals surface area contributed by atoms with Gasteiger partial charge in [-0.2, -0.15) is 0 Å². The van der Waals surface area contributed by atoms with Gasteiger partial charge in [0.2, 0.25) is 11.8 Å². The summed E-state index contributed by atoms with van der Waals surface area (Å²) in [6.45, 7) is 19.4. The van der Waals surface area contributed by atoms with E-state index in [0.717, 1.165) is 104 Å². The molecule has 8 aliphatic rings. The summed E-state index contributed by atoms with van der Waals surface area (Å²) in [6, 6.07) is 37.6. The molecule has 0 spiro atoms. The van der Waals surface area contributed by atoms with E-state index in [4.69, 9.17) is 23.1 Å². The molecule has 0 radical (unpaired) electrons. The minimum Gasteiger partial charge on any atom is -0.594 e. The number of nitro benzene ring substituents is 4. The fourth-order valence-corrected chi connectivity index (χ4v) is 16.7. The van der Waals surface area contributed by atoms with E-state index >= 15 is 0 Å². The number of nitrogen functional groups attached to an aromatic ring is 2. The van der Waals surface area contributed by atoms with E-state index in [1.807, 2.05) is 68.4 Å². The van der Waals surface area contributed by atoms with Crippen molar-refractivity contribution in [3.05, 3.63) is 273 Å². The molecular weight excluding hydrogens is 1530 g/mol. The number of benzene rings is 8. The Morgan fingerprint density at radius 3 is 1.35 bits per heavy atom. The number of nitrogens with zero attached hydrogens (tertiary/aromatic N) is 10. The Morgan fingerprint density at radius 2 is 0.831 bits per heavy atom. The Kier molecular flexibility index (Phi) is 28.7. The second-order valence-electron chi connectivity index (χ2n) is 31.8. The number of fused-ring (bicyclic) bond motifs is 10. The van der Waals surface area contributed by atoms with Crippen LogP contribution in [0.15, 0.2) is 127 Å². The Labute approximate surface area is 688 Å². The van der Waals surface area contributed by atoms with Crippen LogP contribution in [-0.4, -0.2) is 69.0 Å². The minimum absolute atomic E-state index is 0. The number of anilines is 4. The molecule has 118 heavy (non-hydrogen) atoms. The third kappa shape index (κ3) is 21.1. The summed E-state index contributed by atoms with van der Waals surface area (Å²) in [4.78, 5) is 107. The highest BCUT2D eigenvalue weighted by molar-refractivity contribution is 6.28. The molecule has 10 aromatic rings. The molecule has 30 heteroatoms. The molecular formula is C88H99ClN14O15. The van der Waals surface area contributed by atoms with Crippen molar-refractivity contribution < 1.29 is 53.4 Å². The number of ketones is 3. The van der Waals surface area contributed by atoms with Gasteiger partial charge >= 0.3 is 0 Å². The highest BCUT2D eigenvalue weighted by atomic mass is 35.5. The van der Waals surface area contributed by atoms with Gasteiger partial charge in [0.1, 0.15) is 22.4 Å². The summed E-state index contributed by atoms with van der Waals surface area (Å²) >= 11 is 5.66. The maximum atomic E-state index is 11.6. The first-order chi connectivity index (χ1) is 54.9. The van der Waals surface area contributed by atoms with E-state index in [0.29, 0.717) is 96.4 Å². The van der Waals surface area contributed by atoms with E-state index in [-0.39, 0.29) is 95.7 Å². The summed E-state index contributed by atoms with van der Waals surface area (Å²) in [5.74, 6) is 3.22. The number of nitrogens with one attached hydrogen (secondary N) is 2. The molecule has 8 aliphatic carbocycles. The molecule has 618 valence electrons. The van der Waals surface area contributed by atoms with Crippen molar-refractivity contribution in [2.24, 2.45) is 47.3 Å². The molecule has 8 unspecified atom stereocenters. The molecule has 0 bridgehead atoms. The second kappa shape index (κ2) is 38.0. The van der Waals surface area contributed by atoms with Crippen LogP contribution < -0.4 is 31.8 Å². The number of halogens is 1. The molecule has 0 aliphatic heterocycles. The van der Waals surface area contributed by atoms with Gasteiger partial charge in [-0.3, -0.25) is 64.4 Å². The van der Waals surface area contributed by atoms with E-state index < -0.39 is 19.7 Å². The Morgan fingerprint density at radius 1 is 0.415 bits per heavy atom. The van der Waals surface area contributed by atoms with E-state index in [1.54, 1.807) is 49.4 Å². The van der Waals surface area contributed by atoms with Crippen molar-refractivity contribution in [1.29, 1.82) is 0 Å². The van der Waals surface area contributed by atoms with Gasteiger partial charge in [0.15, 0.2) is 17.3 Å². The number of carbonyl (C=O) groups is 5. The normalized spacial score (nSPS) is 18.9. The molecule has 8 atom stereocenters. The molecule has 6 N–H and O–H groups in total. The van der Waals surface area contributed by atoms with E-state index in [9.17, 15) is 74.8 Å². The molecule has 18 rings (SSSR count). The van der Waals surface area contributed by atoms with Gasteiger partial charge in [-0.05, 0) is 238 Å². The zero-order valence-corrected chi connectivity index (χ0v) is 66.8. The number of Topliss-reactive ketones (excluding diaryl/α,β-unsaturated/α-hetero) is 3. The average molecular weight is 1630 g/mol. The lowest BCUT2D eigenvalue weighted by Crippen LogP contribution is -2.33. The lowest BCUT2D eigenvalue weighted by Gasteiger charge is -2.06. The monoisotopic (exact) mass is 1630 g/mol. The molecule has 0 saturated heterocycles. The topological polar surface area (TPSA) is 439 Å². The SMILES string of the molecule is C.C.CC(=O)Nc1cc2c(cc1[N+](=O)[O-])CC(C)C2.CC(=O)Nc1ccc2c(c1)CC(C)C2.CC1Cc2c(cccc2[N+](=O)[O-])C1=O.CC1Cc2cc(N)c([N+](=O)[O-])cc2C1.CC1Cc2cc3nc(Cl)n[n+]([O-])c3cc2C1.CC1Cc2cc3nc(N)n[n+]([O-])c3cc2C1.CC1Cc2ccc([N+](=O)[O-])cc2C1=O.CC1Cc2ccccc2C1=O. The summed E-state index contributed by atoms with van der Waals surface area (Å²) in [5, 5.41) is 78.3. The van der Waals surface area contributed by atoms with Crippen LogP contribution in [0.1, 0.15) is 187 Å². The van der Waals surface area contributed by atoms with Gasteiger partial charge in [-0.1, -0.05) is 119 Å². The highest BCUT2D eigenvalue weighted by Gasteiger charge is 2.34. The molecule has 2 heterocycles. The molecule has 2 aromatic heterocycles. The number of hydrogen-bond acceptors (Lipinski definition) is 21. The van der Waals surface area contributed by atoms with Crippen molar-refractivity contribution in [2.75, 3.05) is 22.1 Å². The van der Waals surface area contributed by atoms with Crippen LogP contribution in [0.5, 0.6) is 0 Å². The van der Waals surface area contributed by atoms with Crippen molar-refractivity contribution >= 4 is 109 Å². The number of carbonyl (C=O) groups excluding carboxylic acids is 5. The maximum Gasteiger partial charge on any atom is 0.293 e. The number of nitrogens with two attached hydrogens (primary N) is 2. The Balaban J connectivity index is 0.000000154. The minimum atomic E-state index is -0.476. The molecule has 29 nitrogen and oxygen atoms in total. The fourth-order valence-electron chi connectivity index (χ4n) is 16.5. The number of hydrogen-bond donors (Lipinski definition) is 4. The molecule has 8 aromatic carbocycles. The van der Waals surface area contributed by atoms with Crippen LogP contribution in [0.4, 0.5) is 45.8 Å². The van der Waals surface area contributed by atoms with Crippen LogP contribution in [0.3, 0.4) is 0 Å². The van der Waals surface area contributed by atoms with Gasteiger partial charge in [0.05, 0.1) is 24.8 Å². The van der Waals surface area contributed by atoms with Crippen LogP contribution >= 0.6 is 11.6 Å². The van der Waals surface area contributed by atoms with Crippen LogP contribution in [-0.2, 0) is 93.1 Å². The molecule has 0 fully saturated rings. The zero-order chi connectivity index (χ0) is 84.0. The van der Waals surface area contributed by atoms with Crippen molar-refractivity contribution in [2.45, 2.75) is 168 Å². The first-order valence-corrected chi connectivity index (χ1v) is 38.9. The largest absolute Gasteiger partial charge is 0.594 e. The van der Waals surface area contributed by atoms with Crippen molar-refractivity contribution in [3.63, 3.8) is 0 Å². The van der Waals surface area contributed by atoms with Crippen molar-refractivity contribution in [1.82, 2.24) is 20.2 Å². The second-order valence-corrected chi connectivity index (χ2v) is 32.1. The highest BCUT2D eigenvalue weighted by Crippen LogP contribution is 2.39. The van der Waals surface area contributed by atoms with Gasteiger partial charge in [-0.15, -0.1) is 0 Å². The van der Waals surface area contributed by atoms with E-state index in [1.165, 1.54) is 83.0 Å². The number of nitro groups is 4. The molecule has 0 saturated carbocycles. The number of rotatable bonds is 6. The summed E-state index contributed by atoms with van der Waals surface area (Å²) in [6.07, 6.45) is 12.3. The van der Waals surface area contributed by atoms with Gasteiger partial charge in [-0.25, -0.2) is 9.97 Å². The first-order valence-electron chi connectivity index (χ1n) is 38.5. The predicted octanol–water partition coefficient (Wildman–Crippen LogP) is 16.1. The molecule has 2 amide bonds. The number of amides is 2. The lowest BCUT2D eigenvalue weighted by molar-refractivity contribution is -0.643. The van der Waals surface area contributed by atoms with Crippen LogP contribution in [0.2, 0.25) is 5.28 Å². The zero-order valence-electron chi connectivity index (χ0n) is 66.1. The number of non-ortho nitro benzene ring substituents is 1. The standard InChI is InChI=1S/C12H14N2O3.C12H15NO.C11H10ClN3O.C11H12N4O.C10H12N2O2.2C10H9NO3.C10H10O.2CH4/c1-7-3-9-5-11(13-8(2)15)12(14(16)17)6-10(9)4-7;1-8-5-10-3-4-12(13-9(2)14)7-11(10)6-8;2*1-6-2-7-4-9-10(5-8(7)3-6)15(16)14-11(12)13-9;1-6-2-7-4-9(11)10(12(13)14)5-8(7)3-6;1-6-4-7-2-3-8(11(13)14)5-9(7)10(6)12;1-6-5-8-7(10(6)12)3-2-4-9(8)11(13)14;1-7-6-8-4-2-3-5-9(8)10(7)11;;/h5-7H,3-4H2,1-2H3,(H,13,15);3-4,7-8H,5-6H2,1-2H3,(H,13,14);4-6H,2-3H2,1H3;4-6H,2-3H2,1H3,(H2,12,13,14);4-6H,2-3,11H2,1H3;2-3,5-6H,4H2,1H3;2-4,6H,5H2,1H3;2-5,7H,6H2,1H3;2*1H4. The third-order valence-corrected chi connectivity index (χ3v) is 21.9. The van der Waals surface area contributed by atoms with Crippen LogP contribution in [0, 0.1) is 98.2 Å². The predicted molar refractivity (Wildman–Crippen MR) is 453 cm³/mol. The Hall–Kier alpha value is -12.7. The lowest BCUT2D eigenvalue weighted by atomic mass is 10.1. The van der Waals surface area contributed by atoms with Crippen LogP contribution in [0.25, 0.3) is 22.1 Å². The maximum absolute atomic E-state index is 11.6. The smallest absolute Gasteiger partial charge is 0.293 e.